The maximum Gasteiger partial charge on any atom is 0.274 e. The number of amides is 1. The molecule has 1 aromatic carbocycles. The number of hydrogen-bond donors (Lipinski definition) is 4. The van der Waals surface area contributed by atoms with Gasteiger partial charge in [0.15, 0.2) is 11.6 Å². The minimum atomic E-state index is -0.602. The molecule has 0 radical (unpaired) electrons. The smallest absolute Gasteiger partial charge is 0.274 e. The van der Waals surface area contributed by atoms with Crippen LogP contribution in [0.3, 0.4) is 0 Å². The Morgan fingerprint density at radius 1 is 0.939 bits per heavy atom. The first-order valence-corrected chi connectivity index (χ1v) is 18.4. The van der Waals surface area contributed by atoms with E-state index in [4.69, 9.17) is 16.4 Å². The maximum absolute atomic E-state index is 13.1. The summed E-state index contributed by atoms with van der Waals surface area (Å²) in [4.78, 5) is 24.8. The Morgan fingerprint density at radius 2 is 1.58 bits per heavy atom. The number of hydrogen-bond acceptors (Lipinski definition) is 11. The fourth-order valence-corrected chi connectivity index (χ4v) is 4.77. The number of aliphatic hydroxyl groups excluding tert-OH is 1. The minimum Gasteiger partial charge on any atom is -0.488 e. The highest BCUT2D eigenvalue weighted by Gasteiger charge is 2.27. The molecule has 0 saturated heterocycles. The number of imidazole rings is 1. The van der Waals surface area contributed by atoms with E-state index < -0.39 is 5.02 Å². The lowest BCUT2D eigenvalue weighted by atomic mass is 10.1. The van der Waals surface area contributed by atoms with Crippen molar-refractivity contribution in [1.29, 1.82) is 0 Å². The number of nitrogens with one attached hydrogen (secondary N) is 1. The Balaban J connectivity index is -0.000000345. The van der Waals surface area contributed by atoms with E-state index in [2.05, 4.69) is 187 Å². The third-order valence-corrected chi connectivity index (χ3v) is 7.61. The number of para-hydroxylation sites is 1. The van der Waals surface area contributed by atoms with E-state index in [1.165, 1.54) is 12.8 Å². The molecule has 20 nitrogen and oxygen atoms in total. The number of pyridine rings is 1. The molecule has 1 fully saturated rings. The van der Waals surface area contributed by atoms with Crippen LogP contribution in [0.5, 0.6) is 5.75 Å². The molecule has 1 amide bonds. The highest BCUT2D eigenvalue weighted by molar-refractivity contribution is 6.04. The van der Waals surface area contributed by atoms with Gasteiger partial charge >= 0.3 is 0 Å². The third kappa shape index (κ3) is 16.4. The number of rotatable bonds is 8. The molecule has 0 spiro atoms. The standard InChI is InChI=1S/C23H21N7O3.C23H4.H3N7O3.8H2/c31-10-16-11-33-21-17(22-28-26-13-30(16)22)2-1-3-18(21)27-23(32)19-8-15(6-7-24-19)29-9-20(25-12-29)14-4-5-14;1-3-5-7-9-11-13-15-17-19-21-23-22-20-18-16-14-12-10-8-6-4-2;1-2-3-4-5-6-7(8)10-9;;;;;;;;/h1-3,6-9,12-14,16,31H,4-5,10-11H2,(H,27,32);1H,2H3;9H,(H2,1,3,5);8*1H. The molecule has 20 heteroatoms. The van der Waals surface area contributed by atoms with Crippen molar-refractivity contribution in [3.8, 4) is 154 Å². The number of terminal acetylenes is 1. The van der Waals surface area contributed by atoms with Gasteiger partial charge < -0.3 is 40.3 Å². The van der Waals surface area contributed by atoms with Gasteiger partial charge in [-0.1, -0.05) is 17.2 Å². The lowest BCUT2D eigenvalue weighted by Gasteiger charge is -2.15. The fourth-order valence-electron chi connectivity index (χ4n) is 4.77. The number of carbonyl (C=O) groups is 1. The molecule has 4 heterocycles. The van der Waals surface area contributed by atoms with Gasteiger partial charge in [-0.25, -0.2) is 4.98 Å². The van der Waals surface area contributed by atoms with Crippen molar-refractivity contribution < 1.29 is 41.3 Å². The summed E-state index contributed by atoms with van der Waals surface area (Å²) in [5.41, 5.74) is 3.36. The van der Waals surface area contributed by atoms with Crippen molar-refractivity contribution in [3.05, 3.63) is 72.0 Å². The zero-order valence-corrected chi connectivity index (χ0v) is 34.2. The van der Waals surface area contributed by atoms with Crippen LogP contribution in [0.4, 0.5) is 5.69 Å². The van der Waals surface area contributed by atoms with Crippen LogP contribution in [0.1, 0.15) is 59.3 Å². The molecule has 1 aliphatic carbocycles. The van der Waals surface area contributed by atoms with Crippen LogP contribution in [0.25, 0.3) is 17.1 Å². The van der Waals surface area contributed by atoms with Crippen LogP contribution in [0.2, 0.25) is 0 Å². The average molecular weight is 889 g/mol. The van der Waals surface area contributed by atoms with Gasteiger partial charge in [0, 0.05) is 58.6 Å². The third-order valence-electron chi connectivity index (χ3n) is 7.61. The van der Waals surface area contributed by atoms with Crippen molar-refractivity contribution in [2.75, 3.05) is 18.5 Å². The van der Waals surface area contributed by atoms with E-state index in [0.29, 0.717) is 28.7 Å². The van der Waals surface area contributed by atoms with Crippen molar-refractivity contribution in [3.63, 3.8) is 0 Å². The van der Waals surface area contributed by atoms with Gasteiger partial charge in [0.2, 0.25) is 10.4 Å². The topological polar surface area (TPSA) is 263 Å². The molecule has 0 bridgehead atoms. The lowest BCUT2D eigenvalue weighted by molar-refractivity contribution is -0.873. The number of carbonyl (C=O) groups excluding carboxylic acids is 1. The second kappa shape index (κ2) is 27.9. The van der Waals surface area contributed by atoms with Gasteiger partial charge in [-0.2, -0.15) is 0 Å². The summed E-state index contributed by atoms with van der Waals surface area (Å²) in [6.07, 6.45) is 14.2. The molecule has 5 N–H and O–H groups in total. The SMILES string of the molecule is C#CC#CC#CC#CC#CC#CC#CC#CC#CC#CC#CC.NN=NN=NN=[N+]([O-])OO.O=C(Nc1cccc2c1OCC(CO)n1cnnc1-2)c1cc(-n2cnc(C3CC3)c2)ccn1.[HH].[HH].[HH].[HH].[HH].[HH].[HH].[HH]. The predicted molar refractivity (Wildman–Crippen MR) is 251 cm³/mol. The summed E-state index contributed by atoms with van der Waals surface area (Å²) in [6.45, 7) is 1.80. The molecule has 1 unspecified atom stereocenters. The second-order valence-corrected chi connectivity index (χ2v) is 11.8. The number of aromatic nitrogens is 6. The van der Waals surface area contributed by atoms with E-state index in [1.807, 2.05) is 29.0 Å². The number of nitrogens with zero attached hydrogens (tertiary/aromatic N) is 12. The second-order valence-electron chi connectivity index (χ2n) is 11.8. The average Bonchev–Trinajstić information content (AvgIpc) is 3.92. The van der Waals surface area contributed by atoms with Crippen LogP contribution >= 0.6 is 0 Å². The van der Waals surface area contributed by atoms with Gasteiger partial charge in [-0.05, 0) is 139 Å². The van der Waals surface area contributed by atoms with Crippen molar-refractivity contribution in [1.82, 2.24) is 29.3 Å². The Kier molecular flexibility index (Phi) is 20.3. The number of anilines is 1. The first-order chi connectivity index (χ1) is 32.4. The molecule has 2 aliphatic rings. The summed E-state index contributed by atoms with van der Waals surface area (Å²) in [5, 5.41) is 50.9. The first kappa shape index (κ1) is 47.9. The van der Waals surface area contributed by atoms with E-state index in [-0.39, 0.29) is 42.3 Å². The van der Waals surface area contributed by atoms with E-state index in [1.54, 1.807) is 42.5 Å². The monoisotopic (exact) mass is 888 g/mol. The van der Waals surface area contributed by atoms with Gasteiger partial charge in [-0.3, -0.25) is 15.0 Å². The number of benzene rings is 1. The molecule has 1 aliphatic heterocycles. The first-order valence-electron chi connectivity index (χ1n) is 18.4. The van der Waals surface area contributed by atoms with E-state index in [0.717, 1.165) is 11.4 Å². The number of ether oxygens (including phenoxy) is 1. The zero-order valence-electron chi connectivity index (χ0n) is 34.2. The summed E-state index contributed by atoms with van der Waals surface area (Å²) < 4.78 is 9.68. The van der Waals surface area contributed by atoms with Crippen LogP contribution in [0, 0.1) is 136 Å². The lowest BCUT2D eigenvalue weighted by Crippen LogP contribution is -2.19. The summed E-state index contributed by atoms with van der Waals surface area (Å²) in [6, 6.07) is 8.67. The highest BCUT2D eigenvalue weighted by atomic mass is 17.2. The minimum absolute atomic E-state index is 0. The molecule has 66 heavy (non-hydrogen) atoms. The van der Waals surface area contributed by atoms with Crippen molar-refractivity contribution >= 4 is 11.6 Å². The predicted octanol–water partition coefficient (Wildman–Crippen LogP) is 5.18. The summed E-state index contributed by atoms with van der Waals surface area (Å²) >= 11 is 0. The zero-order chi connectivity index (χ0) is 47.0. The van der Waals surface area contributed by atoms with Gasteiger partial charge in [0.1, 0.15) is 23.9 Å². The number of aliphatic hydroxyl groups is 1. The fraction of sp³-hybridized carbons (Fsp3) is 0.152. The molecule has 1 atom stereocenters. The van der Waals surface area contributed by atoms with Gasteiger partial charge in [0.25, 0.3) is 5.91 Å². The molecule has 4 aromatic rings. The Bertz CT molecular complexity index is 3260. The molecular weight excluding hydrogens is 845 g/mol. The Labute approximate surface area is 389 Å². The van der Waals surface area contributed by atoms with Gasteiger partial charge in [-0.15, -0.1) is 16.6 Å². The number of fused-ring (bicyclic) bond motifs is 3. The summed E-state index contributed by atoms with van der Waals surface area (Å²) in [5.74, 6) is 57.6. The molecule has 1 saturated carbocycles. The largest absolute Gasteiger partial charge is 0.488 e. The quantitative estimate of drug-likeness (QED) is 0.0589. The van der Waals surface area contributed by atoms with Crippen molar-refractivity contribution in [2.24, 2.45) is 32.0 Å². The summed E-state index contributed by atoms with van der Waals surface area (Å²) in [7, 11) is 0. The van der Waals surface area contributed by atoms with Crippen LogP contribution < -0.4 is 15.9 Å². The number of nitrogens with two attached hydrogens (primary N) is 1. The molecule has 3 aromatic heterocycles. The van der Waals surface area contributed by atoms with Crippen LogP contribution in [-0.2, 0) is 4.99 Å². The molecule has 6 rings (SSSR count). The van der Waals surface area contributed by atoms with Crippen LogP contribution in [0.15, 0.2) is 81.5 Å². The van der Waals surface area contributed by atoms with Crippen LogP contribution in [-0.4, -0.2) is 63.8 Å². The van der Waals surface area contributed by atoms with Crippen molar-refractivity contribution in [2.45, 2.75) is 31.7 Å². The Hall–Kier alpha value is -10.7. The van der Waals surface area contributed by atoms with E-state index in [9.17, 15) is 15.1 Å². The maximum atomic E-state index is 13.1. The molecular formula is C46H44N14O6. The normalized spacial score (nSPS) is 11.8. The molecule has 334 valence electrons. The highest BCUT2D eigenvalue weighted by Crippen LogP contribution is 2.40. The Morgan fingerprint density at radius 3 is 2.15 bits per heavy atom. The van der Waals surface area contributed by atoms with Gasteiger partial charge in [0.05, 0.1) is 46.6 Å². The van der Waals surface area contributed by atoms with E-state index >= 15 is 0 Å².